The van der Waals surface area contributed by atoms with E-state index in [1.807, 2.05) is 7.05 Å². The maximum atomic E-state index is 14.0. The van der Waals surface area contributed by atoms with Gasteiger partial charge in [-0.1, -0.05) is 6.92 Å². The Balaban J connectivity index is 1.92. The summed E-state index contributed by atoms with van der Waals surface area (Å²) in [7, 11) is 1.86. The number of hydrogen-bond donors (Lipinski definition) is 1. The van der Waals surface area contributed by atoms with Crippen molar-refractivity contribution in [2.75, 3.05) is 33.4 Å². The molecule has 0 amide bonds. The van der Waals surface area contributed by atoms with Crippen molar-refractivity contribution in [1.29, 1.82) is 0 Å². The molecule has 2 saturated heterocycles. The molecule has 3 unspecified atom stereocenters. The van der Waals surface area contributed by atoms with Gasteiger partial charge in [0.05, 0.1) is 0 Å². The molecule has 3 atom stereocenters. The maximum Gasteiger partial charge on any atom is 0.128 e. The number of alkyl halides is 1. The van der Waals surface area contributed by atoms with E-state index in [1.54, 1.807) is 0 Å². The van der Waals surface area contributed by atoms with E-state index < -0.39 is 6.17 Å². The molecule has 16 heavy (non-hydrogen) atoms. The molecule has 0 aromatic heterocycles. The molecular weight excluding hydrogens is 207 g/mol. The molecule has 0 spiro atoms. The Kier molecular flexibility index (Phi) is 4.16. The first-order valence-electron chi connectivity index (χ1n) is 6.35. The summed E-state index contributed by atoms with van der Waals surface area (Å²) in [6.07, 6.45) is 1.38. The van der Waals surface area contributed by atoms with Gasteiger partial charge in [-0.05, 0) is 25.8 Å². The van der Waals surface area contributed by atoms with Crippen LogP contribution in [-0.4, -0.2) is 56.5 Å². The Morgan fingerprint density at radius 2 is 1.94 bits per heavy atom. The molecule has 2 fully saturated rings. The van der Waals surface area contributed by atoms with Crippen molar-refractivity contribution in [2.45, 2.75) is 38.0 Å². The smallest absolute Gasteiger partial charge is 0.128 e. The summed E-state index contributed by atoms with van der Waals surface area (Å²) in [4.78, 5) is 2.33. The fourth-order valence-corrected chi connectivity index (χ4v) is 3.07. The summed E-state index contributed by atoms with van der Waals surface area (Å²) in [5.74, 6) is 0.386. The second-order valence-electron chi connectivity index (χ2n) is 5.11. The minimum absolute atomic E-state index is 0.0242. The van der Waals surface area contributed by atoms with E-state index in [4.69, 9.17) is 4.74 Å². The third kappa shape index (κ3) is 2.55. The van der Waals surface area contributed by atoms with Crippen LogP contribution in [0.3, 0.4) is 0 Å². The zero-order chi connectivity index (χ0) is 11.5. The molecule has 2 heterocycles. The van der Waals surface area contributed by atoms with Crippen LogP contribution >= 0.6 is 0 Å². The number of halogens is 1. The van der Waals surface area contributed by atoms with Gasteiger partial charge in [-0.15, -0.1) is 0 Å². The first-order valence-corrected chi connectivity index (χ1v) is 6.35. The summed E-state index contributed by atoms with van der Waals surface area (Å²) in [6, 6.07) is 0.559. The number of piperidine rings is 1. The highest BCUT2D eigenvalue weighted by atomic mass is 19.1. The van der Waals surface area contributed by atoms with Crippen molar-refractivity contribution in [2.24, 2.45) is 5.92 Å². The van der Waals surface area contributed by atoms with Crippen LogP contribution in [0.4, 0.5) is 4.39 Å². The van der Waals surface area contributed by atoms with Gasteiger partial charge in [-0.25, -0.2) is 4.39 Å². The SMILES string of the molecule is CNC1C(C)CN(C2CCOCC2)CC1F. The van der Waals surface area contributed by atoms with Gasteiger partial charge in [0.25, 0.3) is 0 Å². The molecule has 0 saturated carbocycles. The Hall–Kier alpha value is -0.190. The molecule has 0 bridgehead atoms. The molecule has 2 aliphatic rings. The van der Waals surface area contributed by atoms with Crippen LogP contribution in [0.2, 0.25) is 0 Å². The number of hydrogen-bond acceptors (Lipinski definition) is 3. The summed E-state index contributed by atoms with van der Waals surface area (Å²) >= 11 is 0. The highest BCUT2D eigenvalue weighted by Gasteiger charge is 2.36. The minimum Gasteiger partial charge on any atom is -0.381 e. The van der Waals surface area contributed by atoms with Gasteiger partial charge in [0.2, 0.25) is 0 Å². The Bertz CT molecular complexity index is 209. The van der Waals surface area contributed by atoms with Crippen LogP contribution in [0.15, 0.2) is 0 Å². The summed E-state index contributed by atoms with van der Waals surface area (Å²) < 4.78 is 19.3. The molecule has 2 aliphatic heterocycles. The predicted molar refractivity (Wildman–Crippen MR) is 62.3 cm³/mol. The third-order valence-electron chi connectivity index (χ3n) is 3.97. The number of rotatable bonds is 2. The van der Waals surface area contributed by atoms with E-state index in [0.717, 1.165) is 32.6 Å². The molecule has 2 rings (SSSR count). The van der Waals surface area contributed by atoms with Crippen molar-refractivity contribution in [3.05, 3.63) is 0 Å². The molecule has 4 heteroatoms. The van der Waals surface area contributed by atoms with Gasteiger partial charge in [0.15, 0.2) is 0 Å². The lowest BCUT2D eigenvalue weighted by atomic mass is 9.90. The predicted octanol–water partition coefficient (Wildman–Crippen LogP) is 1.04. The molecule has 0 aromatic rings. The molecule has 94 valence electrons. The Labute approximate surface area is 97.3 Å². The monoisotopic (exact) mass is 230 g/mol. The highest BCUT2D eigenvalue weighted by molar-refractivity contribution is 4.91. The third-order valence-corrected chi connectivity index (χ3v) is 3.97. The van der Waals surface area contributed by atoms with Gasteiger partial charge >= 0.3 is 0 Å². The van der Waals surface area contributed by atoms with E-state index in [2.05, 4.69) is 17.1 Å². The van der Waals surface area contributed by atoms with Gasteiger partial charge in [0, 0.05) is 38.4 Å². The van der Waals surface area contributed by atoms with Crippen LogP contribution in [-0.2, 0) is 4.74 Å². The van der Waals surface area contributed by atoms with Crippen LogP contribution in [0.5, 0.6) is 0 Å². The van der Waals surface area contributed by atoms with Crippen LogP contribution in [0.1, 0.15) is 19.8 Å². The zero-order valence-corrected chi connectivity index (χ0v) is 10.3. The van der Waals surface area contributed by atoms with Gasteiger partial charge in [-0.2, -0.15) is 0 Å². The first kappa shape index (κ1) is 12.3. The number of likely N-dealkylation sites (tertiary alicyclic amines) is 1. The van der Waals surface area contributed by atoms with E-state index in [1.165, 1.54) is 0 Å². The topological polar surface area (TPSA) is 24.5 Å². The summed E-state index contributed by atoms with van der Waals surface area (Å²) in [5, 5.41) is 3.10. The van der Waals surface area contributed by atoms with Crippen LogP contribution < -0.4 is 5.32 Å². The summed E-state index contributed by atoms with van der Waals surface area (Å²) in [6.45, 7) is 5.40. The van der Waals surface area contributed by atoms with Crippen LogP contribution in [0.25, 0.3) is 0 Å². The molecule has 0 radical (unpaired) electrons. The number of nitrogens with one attached hydrogen (secondary N) is 1. The van der Waals surface area contributed by atoms with E-state index in [9.17, 15) is 4.39 Å². The summed E-state index contributed by atoms with van der Waals surface area (Å²) in [5.41, 5.74) is 0. The lowest BCUT2D eigenvalue weighted by Crippen LogP contribution is -2.57. The van der Waals surface area contributed by atoms with Crippen molar-refractivity contribution in [1.82, 2.24) is 10.2 Å². The Morgan fingerprint density at radius 3 is 2.50 bits per heavy atom. The molecular formula is C12H23FN2O. The largest absolute Gasteiger partial charge is 0.381 e. The van der Waals surface area contributed by atoms with Crippen molar-refractivity contribution >= 4 is 0 Å². The van der Waals surface area contributed by atoms with Gasteiger partial charge < -0.3 is 10.1 Å². The number of nitrogens with zero attached hydrogens (tertiary/aromatic N) is 1. The Morgan fingerprint density at radius 1 is 1.25 bits per heavy atom. The lowest BCUT2D eigenvalue weighted by molar-refractivity contribution is -0.00984. The second-order valence-corrected chi connectivity index (χ2v) is 5.11. The van der Waals surface area contributed by atoms with Gasteiger partial charge in [0.1, 0.15) is 6.17 Å². The van der Waals surface area contributed by atoms with Crippen molar-refractivity contribution in [3.63, 3.8) is 0 Å². The molecule has 0 aromatic carbocycles. The molecule has 3 nitrogen and oxygen atoms in total. The average molecular weight is 230 g/mol. The molecule has 0 aliphatic carbocycles. The van der Waals surface area contributed by atoms with Crippen LogP contribution in [0, 0.1) is 5.92 Å². The van der Waals surface area contributed by atoms with Gasteiger partial charge in [-0.3, -0.25) is 4.90 Å². The minimum atomic E-state index is -0.739. The van der Waals surface area contributed by atoms with E-state index >= 15 is 0 Å². The maximum absolute atomic E-state index is 14.0. The zero-order valence-electron chi connectivity index (χ0n) is 10.3. The molecule has 1 N–H and O–H groups in total. The highest BCUT2D eigenvalue weighted by Crippen LogP contribution is 2.24. The fourth-order valence-electron chi connectivity index (χ4n) is 3.07. The average Bonchev–Trinajstić information content (AvgIpc) is 2.30. The number of ether oxygens (including phenoxy) is 1. The first-order chi connectivity index (χ1) is 7.72. The normalized spacial score (nSPS) is 38.8. The fraction of sp³-hybridized carbons (Fsp3) is 1.00. The van der Waals surface area contributed by atoms with E-state index in [0.29, 0.717) is 18.5 Å². The lowest BCUT2D eigenvalue weighted by Gasteiger charge is -2.43. The van der Waals surface area contributed by atoms with Crippen molar-refractivity contribution < 1.29 is 9.13 Å². The van der Waals surface area contributed by atoms with E-state index in [-0.39, 0.29) is 6.04 Å². The van der Waals surface area contributed by atoms with Crippen molar-refractivity contribution in [3.8, 4) is 0 Å². The second kappa shape index (κ2) is 5.43. The quantitative estimate of drug-likeness (QED) is 0.767. The standard InChI is InChI=1S/C12H23FN2O/c1-9-7-15(8-11(13)12(9)14-2)10-3-5-16-6-4-10/h9-12,14H,3-8H2,1-2H3.